The SMILES string of the molecule is Cc1ccc(-c2n[nH]c(=S)n2CC(=O)N2CCN(Cc3cccc(C)c3)CC2)cc1. The molecule has 1 N–H and O–H groups in total. The van der Waals surface area contributed by atoms with E-state index < -0.39 is 0 Å². The fourth-order valence-corrected chi connectivity index (χ4v) is 4.04. The Morgan fingerprint density at radius 2 is 1.77 bits per heavy atom. The summed E-state index contributed by atoms with van der Waals surface area (Å²) in [5.41, 5.74) is 4.73. The number of H-pyrrole nitrogens is 1. The van der Waals surface area contributed by atoms with Crippen LogP contribution in [0.1, 0.15) is 16.7 Å². The summed E-state index contributed by atoms with van der Waals surface area (Å²) in [7, 11) is 0. The minimum absolute atomic E-state index is 0.0797. The molecule has 1 fully saturated rings. The quantitative estimate of drug-likeness (QED) is 0.640. The number of rotatable bonds is 5. The molecule has 0 radical (unpaired) electrons. The van der Waals surface area contributed by atoms with Gasteiger partial charge in [-0.25, -0.2) is 0 Å². The maximum absolute atomic E-state index is 13.0. The van der Waals surface area contributed by atoms with Crippen LogP contribution < -0.4 is 0 Å². The van der Waals surface area contributed by atoms with Gasteiger partial charge < -0.3 is 4.90 Å². The van der Waals surface area contributed by atoms with E-state index in [-0.39, 0.29) is 12.5 Å². The molecule has 1 saturated heterocycles. The summed E-state index contributed by atoms with van der Waals surface area (Å²) in [6, 6.07) is 16.7. The van der Waals surface area contributed by atoms with Crippen molar-refractivity contribution in [3.8, 4) is 11.4 Å². The zero-order valence-corrected chi connectivity index (χ0v) is 18.3. The van der Waals surface area contributed by atoms with E-state index in [2.05, 4.69) is 46.3 Å². The maximum atomic E-state index is 13.0. The number of hydrogen-bond acceptors (Lipinski definition) is 4. The Morgan fingerprint density at radius 3 is 2.47 bits per heavy atom. The number of piperazine rings is 1. The van der Waals surface area contributed by atoms with Crippen molar-refractivity contribution >= 4 is 18.1 Å². The number of amides is 1. The van der Waals surface area contributed by atoms with E-state index in [0.717, 1.165) is 38.3 Å². The van der Waals surface area contributed by atoms with E-state index in [4.69, 9.17) is 12.2 Å². The van der Waals surface area contributed by atoms with Gasteiger partial charge in [0.25, 0.3) is 0 Å². The maximum Gasteiger partial charge on any atom is 0.242 e. The molecule has 7 heteroatoms. The van der Waals surface area contributed by atoms with Gasteiger partial charge in [-0.2, -0.15) is 5.10 Å². The Balaban J connectivity index is 1.38. The van der Waals surface area contributed by atoms with Gasteiger partial charge in [-0.3, -0.25) is 19.4 Å². The Kier molecular flexibility index (Phi) is 6.11. The Bertz CT molecular complexity index is 1080. The largest absolute Gasteiger partial charge is 0.339 e. The van der Waals surface area contributed by atoms with Gasteiger partial charge in [-0.05, 0) is 31.6 Å². The predicted molar refractivity (Wildman–Crippen MR) is 121 cm³/mol. The van der Waals surface area contributed by atoms with Crippen molar-refractivity contribution in [3.63, 3.8) is 0 Å². The normalized spacial score (nSPS) is 14.8. The summed E-state index contributed by atoms with van der Waals surface area (Å²) >= 11 is 5.39. The summed E-state index contributed by atoms with van der Waals surface area (Å²) in [6.07, 6.45) is 0. The third-order valence-corrected chi connectivity index (χ3v) is 5.89. The molecular formula is C23H27N5OS. The van der Waals surface area contributed by atoms with Gasteiger partial charge in [0, 0.05) is 38.3 Å². The zero-order valence-electron chi connectivity index (χ0n) is 17.5. The zero-order chi connectivity index (χ0) is 21.1. The molecule has 4 rings (SSSR count). The van der Waals surface area contributed by atoms with Crippen LogP contribution in [0.5, 0.6) is 0 Å². The molecule has 1 aromatic heterocycles. The van der Waals surface area contributed by atoms with Crippen LogP contribution in [-0.4, -0.2) is 56.7 Å². The van der Waals surface area contributed by atoms with Gasteiger partial charge in [-0.15, -0.1) is 0 Å². The van der Waals surface area contributed by atoms with Gasteiger partial charge >= 0.3 is 0 Å². The molecule has 0 atom stereocenters. The van der Waals surface area contributed by atoms with Crippen molar-refractivity contribution in [2.24, 2.45) is 0 Å². The topological polar surface area (TPSA) is 57.2 Å². The number of hydrogen-bond donors (Lipinski definition) is 1. The lowest BCUT2D eigenvalue weighted by Crippen LogP contribution is -2.49. The lowest BCUT2D eigenvalue weighted by molar-refractivity contribution is -0.133. The molecule has 1 aliphatic heterocycles. The number of benzene rings is 2. The second-order valence-electron chi connectivity index (χ2n) is 7.95. The van der Waals surface area contributed by atoms with Gasteiger partial charge in [0.1, 0.15) is 6.54 Å². The first kappa shape index (κ1) is 20.5. The standard InChI is InChI=1S/C23H27N5OS/c1-17-6-8-20(9-7-17)22-24-25-23(30)28(22)16-21(29)27-12-10-26(11-13-27)15-19-5-3-4-18(2)14-19/h3-9,14H,10-13,15-16H2,1-2H3,(H,25,30). The van der Waals surface area contributed by atoms with Crippen LogP contribution in [-0.2, 0) is 17.9 Å². The first-order valence-corrected chi connectivity index (χ1v) is 10.7. The number of aromatic nitrogens is 3. The molecule has 0 bridgehead atoms. The van der Waals surface area contributed by atoms with E-state index in [9.17, 15) is 4.79 Å². The van der Waals surface area contributed by atoms with Gasteiger partial charge in [0.15, 0.2) is 10.6 Å². The van der Waals surface area contributed by atoms with Crippen LogP contribution in [0.2, 0.25) is 0 Å². The third-order valence-electron chi connectivity index (χ3n) is 5.58. The molecule has 3 aromatic rings. The highest BCUT2D eigenvalue weighted by Gasteiger charge is 2.22. The second-order valence-corrected chi connectivity index (χ2v) is 8.34. The highest BCUT2D eigenvalue weighted by molar-refractivity contribution is 7.71. The molecule has 2 aromatic carbocycles. The van der Waals surface area contributed by atoms with Crippen molar-refractivity contribution in [2.45, 2.75) is 26.9 Å². The summed E-state index contributed by atoms with van der Waals surface area (Å²) in [4.78, 5) is 17.3. The van der Waals surface area contributed by atoms with Crippen molar-refractivity contribution in [2.75, 3.05) is 26.2 Å². The van der Waals surface area contributed by atoms with Crippen LogP contribution in [0.25, 0.3) is 11.4 Å². The highest BCUT2D eigenvalue weighted by Crippen LogP contribution is 2.18. The van der Waals surface area contributed by atoms with E-state index >= 15 is 0 Å². The summed E-state index contributed by atoms with van der Waals surface area (Å²) in [6.45, 7) is 8.51. The molecule has 30 heavy (non-hydrogen) atoms. The first-order valence-electron chi connectivity index (χ1n) is 10.3. The summed E-state index contributed by atoms with van der Waals surface area (Å²) in [5.74, 6) is 0.780. The van der Waals surface area contributed by atoms with E-state index in [1.165, 1.54) is 16.7 Å². The highest BCUT2D eigenvalue weighted by atomic mass is 32.1. The Labute approximate surface area is 182 Å². The molecule has 0 aliphatic carbocycles. The van der Waals surface area contributed by atoms with Gasteiger partial charge in [-0.1, -0.05) is 59.7 Å². The van der Waals surface area contributed by atoms with E-state index in [1.54, 1.807) is 4.57 Å². The van der Waals surface area contributed by atoms with Crippen molar-refractivity contribution in [1.82, 2.24) is 24.6 Å². The average Bonchev–Trinajstić information content (AvgIpc) is 3.09. The van der Waals surface area contributed by atoms with Crippen LogP contribution in [0.4, 0.5) is 0 Å². The first-order chi connectivity index (χ1) is 14.5. The molecular weight excluding hydrogens is 394 g/mol. The van der Waals surface area contributed by atoms with E-state index in [0.29, 0.717) is 10.6 Å². The van der Waals surface area contributed by atoms with Crippen molar-refractivity contribution in [1.29, 1.82) is 0 Å². The Morgan fingerprint density at radius 1 is 1.03 bits per heavy atom. The predicted octanol–water partition coefficient (Wildman–Crippen LogP) is 3.57. The molecule has 0 saturated carbocycles. The summed E-state index contributed by atoms with van der Waals surface area (Å²) < 4.78 is 2.26. The lowest BCUT2D eigenvalue weighted by atomic mass is 10.1. The molecule has 0 spiro atoms. The average molecular weight is 422 g/mol. The fourth-order valence-electron chi connectivity index (χ4n) is 3.85. The molecule has 1 amide bonds. The van der Waals surface area contributed by atoms with Crippen LogP contribution in [0.15, 0.2) is 48.5 Å². The molecule has 6 nitrogen and oxygen atoms in total. The molecule has 1 aliphatic rings. The number of nitrogens with one attached hydrogen (secondary N) is 1. The van der Waals surface area contributed by atoms with Crippen LogP contribution >= 0.6 is 12.2 Å². The number of aromatic amines is 1. The fraction of sp³-hybridized carbons (Fsp3) is 0.348. The second kappa shape index (κ2) is 8.93. The molecule has 2 heterocycles. The monoisotopic (exact) mass is 421 g/mol. The lowest BCUT2D eigenvalue weighted by Gasteiger charge is -2.35. The van der Waals surface area contributed by atoms with Crippen molar-refractivity contribution < 1.29 is 4.79 Å². The summed E-state index contributed by atoms with van der Waals surface area (Å²) in [5, 5.41) is 7.18. The molecule has 0 unspecified atom stereocenters. The van der Waals surface area contributed by atoms with Crippen molar-refractivity contribution in [3.05, 3.63) is 70.0 Å². The number of carbonyl (C=O) groups excluding carboxylic acids is 1. The van der Waals surface area contributed by atoms with E-state index in [1.807, 2.05) is 36.1 Å². The number of aryl methyl sites for hydroxylation is 2. The van der Waals surface area contributed by atoms with Gasteiger partial charge in [0.05, 0.1) is 0 Å². The Hall–Kier alpha value is -2.77. The van der Waals surface area contributed by atoms with Crippen LogP contribution in [0, 0.1) is 18.6 Å². The minimum Gasteiger partial charge on any atom is -0.339 e. The third kappa shape index (κ3) is 4.68. The van der Waals surface area contributed by atoms with Gasteiger partial charge in [0.2, 0.25) is 5.91 Å². The molecule has 156 valence electrons. The smallest absolute Gasteiger partial charge is 0.242 e. The van der Waals surface area contributed by atoms with Crippen LogP contribution in [0.3, 0.4) is 0 Å². The number of nitrogens with zero attached hydrogens (tertiary/aromatic N) is 4. The minimum atomic E-state index is 0.0797. The number of carbonyl (C=O) groups is 1.